The van der Waals surface area contributed by atoms with Gasteiger partial charge in [0.05, 0.1) is 25.5 Å². The van der Waals surface area contributed by atoms with Gasteiger partial charge in [0.2, 0.25) is 11.8 Å². The molecule has 0 bridgehead atoms. The zero-order valence-electron chi connectivity index (χ0n) is 21.1. The quantitative estimate of drug-likeness (QED) is 0.124. The third-order valence-electron chi connectivity index (χ3n) is 5.45. The van der Waals surface area contributed by atoms with Gasteiger partial charge in [-0.1, -0.05) is 54.2 Å². The van der Waals surface area contributed by atoms with E-state index in [4.69, 9.17) is 23.7 Å². The number of nitrogens with zero attached hydrogens (tertiary/aromatic N) is 5. The Bertz CT molecular complexity index is 1470. The number of thioether (sulfide) groups is 1. The van der Waals surface area contributed by atoms with E-state index in [2.05, 4.69) is 16.3 Å². The molecule has 0 aliphatic rings. The number of methoxy groups -OCH3 is 3. The molecule has 0 N–H and O–H groups in total. The summed E-state index contributed by atoms with van der Waals surface area (Å²) in [6, 6.07) is 19.2. The van der Waals surface area contributed by atoms with Crippen LogP contribution in [-0.4, -0.2) is 49.8 Å². The highest BCUT2D eigenvalue weighted by Gasteiger charge is 2.20. The molecule has 10 nitrogen and oxygen atoms in total. The van der Waals surface area contributed by atoms with Gasteiger partial charge in [-0.05, 0) is 22.7 Å². The normalized spacial score (nSPS) is 11.3. The summed E-state index contributed by atoms with van der Waals surface area (Å²) in [6.07, 6.45) is 1.52. The van der Waals surface area contributed by atoms with Crippen molar-refractivity contribution in [2.45, 2.75) is 11.6 Å². The van der Waals surface area contributed by atoms with Gasteiger partial charge < -0.3 is 19.3 Å². The Morgan fingerprint density at radius 3 is 2.63 bits per heavy atom. The van der Waals surface area contributed by atoms with Crippen LogP contribution in [-0.2, 0) is 11.3 Å². The number of pyridine rings is 1. The topological polar surface area (TPSA) is 130 Å². The third-order valence-corrected chi connectivity index (χ3v) is 6.41. The van der Waals surface area contributed by atoms with Gasteiger partial charge in [0.1, 0.15) is 17.7 Å². The van der Waals surface area contributed by atoms with E-state index in [1.165, 1.54) is 10.9 Å². The van der Waals surface area contributed by atoms with Crippen molar-refractivity contribution >= 4 is 23.5 Å². The lowest BCUT2D eigenvalue weighted by Gasteiger charge is -2.17. The number of benzene rings is 2. The predicted octanol–water partition coefficient (Wildman–Crippen LogP) is 3.41. The fraction of sp³-hybridized carbons (Fsp3) is 0.222. The molecule has 0 atom stereocenters. The molecule has 4 aromatic rings. The van der Waals surface area contributed by atoms with E-state index in [0.717, 1.165) is 17.3 Å². The minimum atomic E-state index is -0.457. The predicted molar refractivity (Wildman–Crippen MR) is 139 cm³/mol. The van der Waals surface area contributed by atoms with Gasteiger partial charge in [0, 0.05) is 29.6 Å². The Labute approximate surface area is 224 Å². The minimum Gasteiger partial charge on any atom is -0.861 e. The van der Waals surface area contributed by atoms with Crippen LogP contribution in [0.5, 0.6) is 11.5 Å². The summed E-state index contributed by atoms with van der Waals surface area (Å²) in [5.41, 5.74) is 3.10. The average Bonchev–Trinajstić information content (AvgIpc) is 3.41. The highest BCUT2D eigenvalue weighted by Crippen LogP contribution is 2.42. The van der Waals surface area contributed by atoms with E-state index in [0.29, 0.717) is 52.1 Å². The van der Waals surface area contributed by atoms with Crippen LogP contribution >= 0.6 is 11.8 Å². The van der Waals surface area contributed by atoms with Crippen molar-refractivity contribution in [3.05, 3.63) is 66.4 Å². The van der Waals surface area contributed by atoms with E-state index in [9.17, 15) is 10.4 Å². The highest BCUT2D eigenvalue weighted by molar-refractivity contribution is 8.00. The van der Waals surface area contributed by atoms with Gasteiger partial charge >= 0.3 is 5.88 Å². The summed E-state index contributed by atoms with van der Waals surface area (Å²) < 4.78 is 22.7. The van der Waals surface area contributed by atoms with E-state index >= 15 is 0 Å². The first-order chi connectivity index (χ1) is 18.6. The number of hydrogen-bond acceptors (Lipinski definition) is 10. The SMILES string of the molecule is COCC[n+]1cc(/N=C(/[O-])CSc2nc(-c3ccccc3)cc(-c3cccc(OC)c3OC)c2C#N)on1. The van der Waals surface area contributed by atoms with Gasteiger partial charge in [0.25, 0.3) is 6.20 Å². The van der Waals surface area contributed by atoms with E-state index in [-0.39, 0.29) is 11.6 Å². The van der Waals surface area contributed by atoms with Crippen LogP contribution in [0, 0.1) is 11.3 Å². The second kappa shape index (κ2) is 12.7. The Kier molecular flexibility index (Phi) is 8.92. The second-order valence-corrected chi connectivity index (χ2v) is 8.81. The maximum Gasteiger partial charge on any atom is 0.320 e. The molecule has 0 fully saturated rings. The Balaban J connectivity index is 1.73. The minimum absolute atomic E-state index is 0.0621. The molecule has 11 heteroatoms. The molecule has 2 aromatic carbocycles. The Hall–Kier alpha value is -4.40. The molecule has 194 valence electrons. The Morgan fingerprint density at radius 2 is 1.92 bits per heavy atom. The summed E-state index contributed by atoms with van der Waals surface area (Å²) in [5, 5.41) is 27.0. The van der Waals surface area contributed by atoms with Crippen LogP contribution < -0.4 is 19.3 Å². The van der Waals surface area contributed by atoms with Gasteiger partial charge in [-0.15, -0.1) is 0 Å². The van der Waals surface area contributed by atoms with Crippen molar-refractivity contribution in [1.29, 1.82) is 5.26 Å². The maximum atomic E-state index is 12.6. The van der Waals surface area contributed by atoms with Crippen molar-refractivity contribution in [3.63, 3.8) is 0 Å². The Morgan fingerprint density at radius 1 is 1.11 bits per heavy atom. The van der Waals surface area contributed by atoms with Crippen molar-refractivity contribution < 1.29 is 28.5 Å². The number of aromatic nitrogens is 3. The van der Waals surface area contributed by atoms with Crippen molar-refractivity contribution in [1.82, 2.24) is 10.3 Å². The standard InChI is InChI=1S/C27H25N5O5S/c1-34-13-12-32-16-25(37-31-32)30-24(33)17-38-27-21(15-28)20(14-22(29-27)18-8-5-4-6-9-18)19-10-7-11-23(35-2)26(19)36-3/h4-11,14,16H,12-13,17H2,1-3H3. The monoisotopic (exact) mass is 531 g/mol. The lowest BCUT2D eigenvalue weighted by atomic mass is 9.98. The zero-order chi connectivity index (χ0) is 26.9. The first-order valence-corrected chi connectivity index (χ1v) is 12.5. The van der Waals surface area contributed by atoms with Gasteiger partial charge in [0.15, 0.2) is 11.5 Å². The third kappa shape index (κ3) is 6.11. The molecule has 0 unspecified atom stereocenters. The number of aliphatic imine (C=N–C) groups is 1. The van der Waals surface area contributed by atoms with Crippen molar-refractivity contribution in [3.8, 4) is 40.0 Å². The lowest BCUT2D eigenvalue weighted by Crippen LogP contribution is -2.36. The van der Waals surface area contributed by atoms with Crippen LogP contribution in [0.25, 0.3) is 22.4 Å². The fourth-order valence-electron chi connectivity index (χ4n) is 3.70. The summed E-state index contributed by atoms with van der Waals surface area (Å²) in [5.74, 6) is 0.588. The van der Waals surface area contributed by atoms with Crippen LogP contribution in [0.1, 0.15) is 5.56 Å². The molecule has 0 amide bonds. The molecule has 0 radical (unpaired) electrons. The zero-order valence-corrected chi connectivity index (χ0v) is 21.9. The largest absolute Gasteiger partial charge is 0.861 e. The van der Waals surface area contributed by atoms with E-state index in [1.54, 1.807) is 27.4 Å². The van der Waals surface area contributed by atoms with E-state index in [1.807, 2.05) is 48.5 Å². The van der Waals surface area contributed by atoms with Crippen molar-refractivity contribution in [2.24, 2.45) is 4.99 Å². The second-order valence-electron chi connectivity index (χ2n) is 7.84. The molecule has 0 aliphatic heterocycles. The average molecular weight is 532 g/mol. The highest BCUT2D eigenvalue weighted by atomic mass is 32.2. The van der Waals surface area contributed by atoms with Crippen molar-refractivity contribution in [2.75, 3.05) is 33.7 Å². The maximum absolute atomic E-state index is 12.6. The summed E-state index contributed by atoms with van der Waals surface area (Å²) in [7, 11) is 4.68. The smallest absolute Gasteiger partial charge is 0.320 e. The van der Waals surface area contributed by atoms with Gasteiger partial charge in [-0.2, -0.15) is 5.26 Å². The molecule has 4 rings (SSSR count). The molecule has 0 aliphatic carbocycles. The number of ether oxygens (including phenoxy) is 3. The summed E-state index contributed by atoms with van der Waals surface area (Å²) in [4.78, 5) is 8.71. The number of hydrogen-bond donors (Lipinski definition) is 0. The van der Waals surface area contributed by atoms with Gasteiger partial charge in [-0.25, -0.2) is 9.98 Å². The summed E-state index contributed by atoms with van der Waals surface area (Å²) >= 11 is 1.12. The van der Waals surface area contributed by atoms with Crippen LogP contribution in [0.4, 0.5) is 5.88 Å². The molecular weight excluding hydrogens is 506 g/mol. The lowest BCUT2D eigenvalue weighted by molar-refractivity contribution is -0.763. The molecular formula is C27H25N5O5S. The number of para-hydroxylation sites is 1. The fourth-order valence-corrected chi connectivity index (χ4v) is 4.48. The van der Waals surface area contributed by atoms with E-state index < -0.39 is 5.90 Å². The molecule has 0 spiro atoms. The first kappa shape index (κ1) is 26.7. The van der Waals surface area contributed by atoms with Crippen LogP contribution in [0.15, 0.2) is 75.3 Å². The molecule has 2 aromatic heterocycles. The van der Waals surface area contributed by atoms with Gasteiger partial charge in [-0.3, -0.25) is 4.52 Å². The molecule has 38 heavy (non-hydrogen) atoms. The summed E-state index contributed by atoms with van der Waals surface area (Å²) in [6.45, 7) is 0.915. The van der Waals surface area contributed by atoms with Crippen LogP contribution in [0.2, 0.25) is 0 Å². The molecule has 2 heterocycles. The number of rotatable bonds is 11. The number of nitriles is 1. The molecule has 0 saturated carbocycles. The molecule has 0 saturated heterocycles. The first-order valence-electron chi connectivity index (χ1n) is 11.5. The van der Waals surface area contributed by atoms with Crippen LogP contribution in [0.3, 0.4) is 0 Å².